The van der Waals surface area contributed by atoms with Crippen LogP contribution in [0.25, 0.3) is 0 Å². The van der Waals surface area contributed by atoms with Gasteiger partial charge in [-0.25, -0.2) is 9.97 Å². The van der Waals surface area contributed by atoms with E-state index in [0.29, 0.717) is 5.92 Å². The molecule has 1 aromatic heterocycles. The number of nitrogens with one attached hydrogen (secondary N) is 1. The molecule has 2 rings (SSSR count). The Hall–Kier alpha value is -0.960. The fourth-order valence-electron chi connectivity index (χ4n) is 2.55. The zero-order chi connectivity index (χ0) is 12.3. The van der Waals surface area contributed by atoms with Gasteiger partial charge in [-0.3, -0.25) is 0 Å². The highest BCUT2D eigenvalue weighted by atomic mass is 14.9. The third-order valence-corrected chi connectivity index (χ3v) is 3.70. The van der Waals surface area contributed by atoms with Crippen molar-refractivity contribution in [1.82, 2.24) is 15.3 Å². The highest BCUT2D eigenvalue weighted by Gasteiger charge is 2.25. The van der Waals surface area contributed by atoms with Crippen molar-refractivity contribution in [3.8, 4) is 0 Å². The Morgan fingerprint density at radius 3 is 2.88 bits per heavy atom. The van der Waals surface area contributed by atoms with E-state index >= 15 is 0 Å². The zero-order valence-electron chi connectivity index (χ0n) is 11.2. The van der Waals surface area contributed by atoms with Crippen LogP contribution in [-0.4, -0.2) is 16.5 Å². The van der Waals surface area contributed by atoms with Crippen LogP contribution in [0.15, 0.2) is 6.20 Å². The van der Waals surface area contributed by atoms with Crippen LogP contribution in [0.3, 0.4) is 0 Å². The van der Waals surface area contributed by atoms with Crippen molar-refractivity contribution in [3.63, 3.8) is 0 Å². The Balaban J connectivity index is 2.12. The summed E-state index contributed by atoms with van der Waals surface area (Å²) in [6, 6.07) is 0. The summed E-state index contributed by atoms with van der Waals surface area (Å²) in [7, 11) is 0. The second-order valence-corrected chi connectivity index (χ2v) is 5.25. The van der Waals surface area contributed by atoms with Crippen molar-refractivity contribution in [3.05, 3.63) is 23.3 Å². The third-order valence-electron chi connectivity index (χ3n) is 3.70. The molecule has 1 N–H and O–H groups in total. The molecule has 2 atom stereocenters. The van der Waals surface area contributed by atoms with Gasteiger partial charge in [0.05, 0.1) is 5.69 Å². The summed E-state index contributed by atoms with van der Waals surface area (Å²) in [5, 5.41) is 3.34. The van der Waals surface area contributed by atoms with Gasteiger partial charge in [0.2, 0.25) is 0 Å². The maximum Gasteiger partial charge on any atom is 0.131 e. The summed E-state index contributed by atoms with van der Waals surface area (Å²) in [5.74, 6) is 2.49. The summed E-state index contributed by atoms with van der Waals surface area (Å²) in [6.45, 7) is 8.39. The topological polar surface area (TPSA) is 37.8 Å². The van der Waals surface area contributed by atoms with Crippen LogP contribution in [0.2, 0.25) is 0 Å². The molecule has 0 aromatic carbocycles. The lowest BCUT2D eigenvalue weighted by Crippen LogP contribution is -2.16. The van der Waals surface area contributed by atoms with Crippen molar-refractivity contribution in [2.75, 3.05) is 6.54 Å². The number of aromatic nitrogens is 2. The van der Waals surface area contributed by atoms with Gasteiger partial charge in [-0.05, 0) is 44.2 Å². The number of aryl methyl sites for hydroxylation is 1. The molecule has 1 heterocycles. The van der Waals surface area contributed by atoms with Crippen molar-refractivity contribution in [2.24, 2.45) is 5.92 Å². The largest absolute Gasteiger partial charge is 0.311 e. The molecule has 94 valence electrons. The van der Waals surface area contributed by atoms with E-state index in [0.717, 1.165) is 30.5 Å². The Kier molecular flexibility index (Phi) is 4.11. The molecule has 1 saturated carbocycles. The normalized spacial score (nSPS) is 24.2. The van der Waals surface area contributed by atoms with E-state index in [1.165, 1.54) is 24.8 Å². The number of nitrogens with zero attached hydrogens (tertiary/aromatic N) is 2. The van der Waals surface area contributed by atoms with Crippen molar-refractivity contribution in [1.29, 1.82) is 0 Å². The second-order valence-electron chi connectivity index (χ2n) is 5.25. The number of hydrogen-bond donors (Lipinski definition) is 1. The third kappa shape index (κ3) is 3.03. The van der Waals surface area contributed by atoms with Gasteiger partial charge in [0.15, 0.2) is 0 Å². The minimum absolute atomic E-state index is 0.589. The Morgan fingerprint density at radius 2 is 2.24 bits per heavy atom. The molecule has 1 aliphatic rings. The molecule has 1 aromatic rings. The van der Waals surface area contributed by atoms with Gasteiger partial charge in [-0.1, -0.05) is 13.8 Å². The number of rotatable bonds is 4. The number of hydrogen-bond acceptors (Lipinski definition) is 3. The van der Waals surface area contributed by atoms with Crippen molar-refractivity contribution in [2.45, 2.75) is 52.5 Å². The maximum absolute atomic E-state index is 4.75. The summed E-state index contributed by atoms with van der Waals surface area (Å²) in [6.07, 6.45) is 5.82. The van der Waals surface area contributed by atoms with E-state index in [1.54, 1.807) is 0 Å². The molecule has 0 saturated heterocycles. The van der Waals surface area contributed by atoms with E-state index in [2.05, 4.69) is 31.1 Å². The Bertz CT molecular complexity index is 376. The summed E-state index contributed by atoms with van der Waals surface area (Å²) in [4.78, 5) is 9.28. The highest BCUT2D eigenvalue weighted by Crippen LogP contribution is 2.36. The van der Waals surface area contributed by atoms with E-state index in [1.807, 2.05) is 6.20 Å². The fourth-order valence-corrected chi connectivity index (χ4v) is 2.55. The minimum Gasteiger partial charge on any atom is -0.311 e. The van der Waals surface area contributed by atoms with E-state index in [4.69, 9.17) is 4.98 Å². The smallest absolute Gasteiger partial charge is 0.131 e. The first-order valence-corrected chi connectivity index (χ1v) is 6.73. The highest BCUT2D eigenvalue weighted by molar-refractivity contribution is 5.17. The zero-order valence-corrected chi connectivity index (χ0v) is 11.2. The first kappa shape index (κ1) is 12.5. The SMILES string of the molecule is CCNCc1nc(C2CCC(C)C2)ncc1C. The first-order chi connectivity index (χ1) is 8.20. The molecule has 3 nitrogen and oxygen atoms in total. The molecule has 0 radical (unpaired) electrons. The molecule has 3 heteroatoms. The monoisotopic (exact) mass is 233 g/mol. The lowest BCUT2D eigenvalue weighted by molar-refractivity contribution is 0.581. The van der Waals surface area contributed by atoms with Crippen LogP contribution >= 0.6 is 0 Å². The quantitative estimate of drug-likeness (QED) is 0.869. The lowest BCUT2D eigenvalue weighted by Gasteiger charge is -2.11. The fraction of sp³-hybridized carbons (Fsp3) is 0.714. The van der Waals surface area contributed by atoms with Crippen molar-refractivity contribution < 1.29 is 0 Å². The molecule has 0 amide bonds. The molecular weight excluding hydrogens is 210 g/mol. The van der Waals surface area contributed by atoms with Crippen LogP contribution in [-0.2, 0) is 6.54 Å². The van der Waals surface area contributed by atoms with Crippen molar-refractivity contribution >= 4 is 0 Å². The predicted octanol–water partition coefficient (Wildman–Crippen LogP) is 2.80. The van der Waals surface area contributed by atoms with Crippen LogP contribution in [0, 0.1) is 12.8 Å². The maximum atomic E-state index is 4.75. The van der Waals surface area contributed by atoms with Gasteiger partial charge in [-0.2, -0.15) is 0 Å². The first-order valence-electron chi connectivity index (χ1n) is 6.73. The molecule has 1 aliphatic carbocycles. The van der Waals surface area contributed by atoms with E-state index in [9.17, 15) is 0 Å². The average molecular weight is 233 g/mol. The van der Waals surface area contributed by atoms with Gasteiger partial charge in [0, 0.05) is 18.7 Å². The van der Waals surface area contributed by atoms with Crippen LogP contribution in [0.1, 0.15) is 56.1 Å². The average Bonchev–Trinajstić information content (AvgIpc) is 2.75. The molecule has 17 heavy (non-hydrogen) atoms. The van der Waals surface area contributed by atoms with Gasteiger partial charge in [-0.15, -0.1) is 0 Å². The summed E-state index contributed by atoms with van der Waals surface area (Å²) in [5.41, 5.74) is 2.36. The Morgan fingerprint density at radius 1 is 1.41 bits per heavy atom. The summed E-state index contributed by atoms with van der Waals surface area (Å²) < 4.78 is 0. The van der Waals surface area contributed by atoms with Crippen LogP contribution in [0.4, 0.5) is 0 Å². The minimum atomic E-state index is 0.589. The van der Waals surface area contributed by atoms with Crippen LogP contribution in [0.5, 0.6) is 0 Å². The lowest BCUT2D eigenvalue weighted by atomic mass is 10.1. The summed E-state index contributed by atoms with van der Waals surface area (Å²) >= 11 is 0. The van der Waals surface area contributed by atoms with Crippen LogP contribution < -0.4 is 5.32 Å². The van der Waals surface area contributed by atoms with E-state index < -0.39 is 0 Å². The molecule has 0 bridgehead atoms. The van der Waals surface area contributed by atoms with Gasteiger partial charge in [0.1, 0.15) is 5.82 Å². The second kappa shape index (κ2) is 5.58. The predicted molar refractivity (Wildman–Crippen MR) is 69.9 cm³/mol. The van der Waals surface area contributed by atoms with Gasteiger partial charge < -0.3 is 5.32 Å². The molecule has 2 unspecified atom stereocenters. The van der Waals surface area contributed by atoms with Gasteiger partial charge >= 0.3 is 0 Å². The standard InChI is InChI=1S/C14H23N3/c1-4-15-9-13-11(3)8-16-14(17-13)12-6-5-10(2)7-12/h8,10,12,15H,4-7,9H2,1-3H3. The molecule has 0 spiro atoms. The van der Waals surface area contributed by atoms with E-state index in [-0.39, 0.29) is 0 Å². The Labute approximate surface area is 104 Å². The molecular formula is C14H23N3. The van der Waals surface area contributed by atoms with Gasteiger partial charge in [0.25, 0.3) is 0 Å². The molecule has 1 fully saturated rings. The molecule has 0 aliphatic heterocycles.